The Hall–Kier alpha value is -3.63. The summed E-state index contributed by atoms with van der Waals surface area (Å²) in [4.78, 5) is 33.8. The van der Waals surface area contributed by atoms with Crippen LogP contribution < -0.4 is 10.1 Å². The summed E-state index contributed by atoms with van der Waals surface area (Å²) in [6.07, 6.45) is -4.08. The van der Waals surface area contributed by atoms with Crippen LogP contribution in [0.3, 0.4) is 0 Å². The summed E-state index contributed by atoms with van der Waals surface area (Å²) in [7, 11) is 0. The first-order chi connectivity index (χ1) is 15.0. The lowest BCUT2D eigenvalue weighted by Gasteiger charge is -2.13. The van der Waals surface area contributed by atoms with Crippen molar-refractivity contribution in [3.8, 4) is 5.75 Å². The van der Waals surface area contributed by atoms with Gasteiger partial charge in [0.15, 0.2) is 6.61 Å². The van der Waals surface area contributed by atoms with Crippen LogP contribution in [0.15, 0.2) is 42.5 Å². The highest BCUT2D eigenvalue weighted by Crippen LogP contribution is 2.37. The van der Waals surface area contributed by atoms with E-state index in [1.54, 1.807) is 12.1 Å². The molecule has 0 aromatic heterocycles. The number of benzene rings is 2. The van der Waals surface area contributed by atoms with Gasteiger partial charge in [-0.25, -0.2) is 4.79 Å². The fraction of sp³-hybridized carbons (Fsp3) is 0.333. The maximum atomic E-state index is 13.2. The molecule has 2 aromatic rings. The summed E-state index contributed by atoms with van der Waals surface area (Å²) in [5.41, 5.74) is -2.73. The molecule has 0 unspecified atom stereocenters. The van der Waals surface area contributed by atoms with E-state index in [9.17, 15) is 32.9 Å². The SMILES string of the molecule is CC(C)CCOc1ccc(C(=O)OCC(=O)Nc2ccc([N+](=O)[O-])cc2C(F)(F)F)cc1. The smallest absolute Gasteiger partial charge is 0.418 e. The van der Waals surface area contributed by atoms with Gasteiger partial charge in [0.05, 0.1) is 28.3 Å². The summed E-state index contributed by atoms with van der Waals surface area (Å²) >= 11 is 0. The number of amides is 1. The van der Waals surface area contributed by atoms with Crippen LogP contribution in [0.25, 0.3) is 0 Å². The quantitative estimate of drug-likeness (QED) is 0.330. The first kappa shape index (κ1) is 24.6. The molecule has 1 amide bonds. The van der Waals surface area contributed by atoms with E-state index in [4.69, 9.17) is 9.47 Å². The van der Waals surface area contributed by atoms with Crippen molar-refractivity contribution in [1.82, 2.24) is 0 Å². The molecule has 11 heteroatoms. The van der Waals surface area contributed by atoms with Gasteiger partial charge >= 0.3 is 12.1 Å². The topological polar surface area (TPSA) is 108 Å². The van der Waals surface area contributed by atoms with E-state index in [0.717, 1.165) is 18.6 Å². The van der Waals surface area contributed by atoms with Crippen molar-refractivity contribution in [3.05, 3.63) is 63.7 Å². The Labute approximate surface area is 181 Å². The van der Waals surface area contributed by atoms with Gasteiger partial charge in [-0.1, -0.05) is 13.8 Å². The molecule has 0 aliphatic rings. The molecule has 0 aliphatic heterocycles. The Morgan fingerprint density at radius 3 is 2.34 bits per heavy atom. The molecule has 8 nitrogen and oxygen atoms in total. The lowest BCUT2D eigenvalue weighted by Crippen LogP contribution is -2.23. The zero-order chi connectivity index (χ0) is 23.9. The van der Waals surface area contributed by atoms with Gasteiger partial charge in [-0.2, -0.15) is 13.2 Å². The Kier molecular flexibility index (Phi) is 8.16. The number of hydrogen-bond donors (Lipinski definition) is 1. The standard InChI is InChI=1S/C21H21F3N2O6/c1-13(2)9-10-31-16-6-3-14(4-7-16)20(28)32-12-19(27)25-18-8-5-15(26(29)30)11-17(18)21(22,23)24/h3-8,11,13H,9-10,12H2,1-2H3,(H,25,27). The Morgan fingerprint density at radius 1 is 1.12 bits per heavy atom. The van der Waals surface area contributed by atoms with Crippen molar-refractivity contribution in [2.24, 2.45) is 5.92 Å². The minimum Gasteiger partial charge on any atom is -0.494 e. The molecule has 0 heterocycles. The number of carbonyl (C=O) groups is 2. The highest BCUT2D eigenvalue weighted by Gasteiger charge is 2.35. The first-order valence-electron chi connectivity index (χ1n) is 9.53. The number of esters is 1. The van der Waals surface area contributed by atoms with E-state index < -0.39 is 46.5 Å². The van der Waals surface area contributed by atoms with Crippen molar-refractivity contribution in [1.29, 1.82) is 0 Å². The van der Waals surface area contributed by atoms with Crippen molar-refractivity contribution >= 4 is 23.3 Å². The Bertz CT molecular complexity index is 974. The van der Waals surface area contributed by atoms with Gasteiger partial charge in [-0.15, -0.1) is 0 Å². The predicted octanol–water partition coefficient (Wildman–Crippen LogP) is 4.83. The van der Waals surface area contributed by atoms with Gasteiger partial charge in [0.2, 0.25) is 0 Å². The van der Waals surface area contributed by atoms with E-state index in [2.05, 4.69) is 13.8 Å². The van der Waals surface area contributed by atoms with Crippen LogP contribution in [0.4, 0.5) is 24.5 Å². The number of nitro benzene ring substituents is 1. The third kappa shape index (κ3) is 7.25. The fourth-order valence-corrected chi connectivity index (χ4v) is 2.49. The van der Waals surface area contributed by atoms with Crippen molar-refractivity contribution in [2.45, 2.75) is 26.4 Å². The molecule has 172 valence electrons. The van der Waals surface area contributed by atoms with Crippen LogP contribution in [-0.4, -0.2) is 30.0 Å². The highest BCUT2D eigenvalue weighted by atomic mass is 19.4. The molecule has 0 fully saturated rings. The molecule has 1 N–H and O–H groups in total. The molecule has 0 aliphatic carbocycles. The van der Waals surface area contributed by atoms with Crippen LogP contribution in [0.2, 0.25) is 0 Å². The van der Waals surface area contributed by atoms with E-state index >= 15 is 0 Å². The number of nitro groups is 1. The maximum Gasteiger partial charge on any atom is 0.418 e. The van der Waals surface area contributed by atoms with Crippen LogP contribution in [0.1, 0.15) is 36.2 Å². The summed E-state index contributed by atoms with van der Waals surface area (Å²) in [6.45, 7) is 3.79. The summed E-state index contributed by atoms with van der Waals surface area (Å²) < 4.78 is 49.8. The minimum atomic E-state index is -4.94. The predicted molar refractivity (Wildman–Crippen MR) is 108 cm³/mol. The van der Waals surface area contributed by atoms with Crippen molar-refractivity contribution in [3.63, 3.8) is 0 Å². The van der Waals surface area contributed by atoms with Gasteiger partial charge in [0, 0.05) is 12.1 Å². The zero-order valence-corrected chi connectivity index (χ0v) is 17.3. The summed E-state index contributed by atoms with van der Waals surface area (Å²) in [5.74, 6) is -0.855. The number of carbonyl (C=O) groups excluding carboxylic acids is 2. The fourth-order valence-electron chi connectivity index (χ4n) is 2.49. The number of non-ortho nitro benzene ring substituents is 1. The average Bonchev–Trinajstić information content (AvgIpc) is 2.71. The van der Waals surface area contributed by atoms with Crippen LogP contribution in [0.5, 0.6) is 5.75 Å². The van der Waals surface area contributed by atoms with Gasteiger partial charge in [0.1, 0.15) is 5.75 Å². The van der Waals surface area contributed by atoms with E-state index in [1.807, 2.05) is 5.32 Å². The molecule has 0 bridgehead atoms. The molecule has 0 saturated heterocycles. The second-order valence-electron chi connectivity index (χ2n) is 7.16. The molecule has 2 aromatic carbocycles. The van der Waals surface area contributed by atoms with E-state index in [-0.39, 0.29) is 5.56 Å². The number of nitrogens with one attached hydrogen (secondary N) is 1. The lowest BCUT2D eigenvalue weighted by atomic mass is 10.1. The number of ether oxygens (including phenoxy) is 2. The van der Waals surface area contributed by atoms with E-state index in [0.29, 0.717) is 24.3 Å². The maximum absolute atomic E-state index is 13.2. The highest BCUT2D eigenvalue weighted by molar-refractivity contribution is 5.96. The normalized spacial score (nSPS) is 11.2. The van der Waals surface area contributed by atoms with Gasteiger partial charge < -0.3 is 14.8 Å². The van der Waals surface area contributed by atoms with E-state index in [1.165, 1.54) is 12.1 Å². The van der Waals surface area contributed by atoms with Gasteiger partial charge in [-0.05, 0) is 42.7 Å². The van der Waals surface area contributed by atoms with Gasteiger partial charge in [0.25, 0.3) is 11.6 Å². The molecular weight excluding hydrogens is 433 g/mol. The average molecular weight is 454 g/mol. The second kappa shape index (κ2) is 10.6. The Morgan fingerprint density at radius 2 is 1.78 bits per heavy atom. The Balaban J connectivity index is 1.95. The largest absolute Gasteiger partial charge is 0.494 e. The zero-order valence-electron chi connectivity index (χ0n) is 17.3. The minimum absolute atomic E-state index is 0.125. The number of rotatable bonds is 9. The number of anilines is 1. The summed E-state index contributed by atoms with van der Waals surface area (Å²) in [6, 6.07) is 7.88. The van der Waals surface area contributed by atoms with Crippen LogP contribution in [0, 0.1) is 16.0 Å². The van der Waals surface area contributed by atoms with Crippen LogP contribution >= 0.6 is 0 Å². The van der Waals surface area contributed by atoms with Gasteiger partial charge in [-0.3, -0.25) is 14.9 Å². The third-order valence-electron chi connectivity index (χ3n) is 4.18. The number of alkyl halides is 3. The number of nitrogens with zero attached hydrogens (tertiary/aromatic N) is 1. The second-order valence-corrected chi connectivity index (χ2v) is 7.16. The number of hydrogen-bond acceptors (Lipinski definition) is 6. The molecule has 0 saturated carbocycles. The molecule has 0 atom stereocenters. The lowest BCUT2D eigenvalue weighted by molar-refractivity contribution is -0.385. The molecule has 0 radical (unpaired) electrons. The van der Waals surface area contributed by atoms with Crippen molar-refractivity contribution in [2.75, 3.05) is 18.5 Å². The molecule has 0 spiro atoms. The number of halogens is 3. The molecule has 2 rings (SSSR count). The van der Waals surface area contributed by atoms with Crippen LogP contribution in [-0.2, 0) is 15.7 Å². The molecule has 32 heavy (non-hydrogen) atoms. The monoisotopic (exact) mass is 454 g/mol. The molecular formula is C21H21F3N2O6. The summed E-state index contributed by atoms with van der Waals surface area (Å²) in [5, 5.41) is 12.7. The first-order valence-corrected chi connectivity index (χ1v) is 9.53. The third-order valence-corrected chi connectivity index (χ3v) is 4.18. The van der Waals surface area contributed by atoms with Crippen molar-refractivity contribution < 1.29 is 37.2 Å².